The first-order valence-electron chi connectivity index (χ1n) is 9.77. The first-order valence-corrected chi connectivity index (χ1v) is 9.77. The molecule has 26 heavy (non-hydrogen) atoms. The van der Waals surface area contributed by atoms with E-state index in [0.717, 1.165) is 69.4 Å². The van der Waals surface area contributed by atoms with Crippen molar-refractivity contribution in [2.75, 3.05) is 32.8 Å². The minimum absolute atomic E-state index is 0.00965. The molecule has 1 atom stereocenters. The molecule has 0 aliphatic carbocycles. The Morgan fingerprint density at radius 2 is 2.00 bits per heavy atom. The average molecular weight is 355 g/mol. The van der Waals surface area contributed by atoms with Crippen LogP contribution in [0.5, 0.6) is 0 Å². The van der Waals surface area contributed by atoms with Gasteiger partial charge in [-0.15, -0.1) is 0 Å². The van der Waals surface area contributed by atoms with Crippen LogP contribution in [0.15, 0.2) is 18.2 Å². The van der Waals surface area contributed by atoms with Crippen molar-refractivity contribution in [2.45, 2.75) is 37.7 Å². The van der Waals surface area contributed by atoms with Gasteiger partial charge in [0, 0.05) is 25.1 Å². The summed E-state index contributed by atoms with van der Waals surface area (Å²) in [5.41, 5.74) is 2.58. The number of nitrogens with one attached hydrogen (secondary N) is 1. The summed E-state index contributed by atoms with van der Waals surface area (Å²) in [4.78, 5) is 15.2. The van der Waals surface area contributed by atoms with Crippen LogP contribution in [0.2, 0.25) is 0 Å². The molecule has 1 N–H and O–H groups in total. The van der Waals surface area contributed by atoms with Gasteiger partial charge in [-0.25, -0.2) is 4.79 Å². The zero-order chi connectivity index (χ0) is 17.5. The number of ether oxygens (including phenoxy) is 2. The quantitative estimate of drug-likeness (QED) is 0.858. The number of carbonyl (C=O) groups is 1. The SMILES string of the molecule is O=C(O[C@@H]1CN2CCC1CC2)c1n[nH]c2ccc(C3CCOCC3)cc12. The normalized spacial score (nSPS) is 29.2. The number of H-pyrrole nitrogens is 1. The Morgan fingerprint density at radius 1 is 1.19 bits per heavy atom. The number of rotatable bonds is 3. The van der Waals surface area contributed by atoms with Crippen LogP contribution in [0.1, 0.15) is 47.7 Å². The number of aromatic nitrogens is 2. The highest BCUT2D eigenvalue weighted by molar-refractivity contribution is 6.02. The number of carbonyl (C=O) groups excluding carboxylic acids is 1. The standard InChI is InChI=1S/C20H25N3O3/c24-20(26-18-12-23-7-3-14(18)4-8-23)19-16-11-15(1-2-17(16)21-22-19)13-5-9-25-10-6-13/h1-2,11,13-14,18H,3-10,12H2,(H,21,22)/t18-/m1/s1. The molecule has 2 aromatic rings. The zero-order valence-electron chi connectivity index (χ0n) is 14.9. The van der Waals surface area contributed by atoms with E-state index in [0.29, 0.717) is 17.5 Å². The number of benzene rings is 1. The highest BCUT2D eigenvalue weighted by Crippen LogP contribution is 2.32. The van der Waals surface area contributed by atoms with E-state index in [9.17, 15) is 4.79 Å². The maximum Gasteiger partial charge on any atom is 0.359 e. The predicted octanol–water partition coefficient (Wildman–Crippen LogP) is 2.71. The number of esters is 1. The molecule has 5 heterocycles. The van der Waals surface area contributed by atoms with Crippen molar-refractivity contribution in [1.82, 2.24) is 15.1 Å². The van der Waals surface area contributed by atoms with E-state index in [1.165, 1.54) is 5.56 Å². The van der Waals surface area contributed by atoms with Crippen LogP contribution in [0.25, 0.3) is 10.9 Å². The third kappa shape index (κ3) is 2.91. The lowest BCUT2D eigenvalue weighted by Gasteiger charge is -2.43. The van der Waals surface area contributed by atoms with Crippen LogP contribution in [0.4, 0.5) is 0 Å². The summed E-state index contributed by atoms with van der Waals surface area (Å²) in [7, 11) is 0. The lowest BCUT2D eigenvalue weighted by molar-refractivity contribution is -0.0458. The number of fused-ring (bicyclic) bond motifs is 4. The van der Waals surface area contributed by atoms with Gasteiger partial charge in [0.05, 0.1) is 5.52 Å². The minimum atomic E-state index is -0.292. The largest absolute Gasteiger partial charge is 0.456 e. The maximum atomic E-state index is 12.8. The maximum absolute atomic E-state index is 12.8. The Kier molecular flexibility index (Phi) is 4.17. The van der Waals surface area contributed by atoms with Gasteiger partial charge >= 0.3 is 5.97 Å². The molecule has 138 valence electrons. The highest BCUT2D eigenvalue weighted by atomic mass is 16.5. The molecule has 2 bridgehead atoms. The number of aromatic amines is 1. The summed E-state index contributed by atoms with van der Waals surface area (Å²) in [6.07, 6.45) is 4.33. The van der Waals surface area contributed by atoms with Crippen LogP contribution in [0.3, 0.4) is 0 Å². The van der Waals surface area contributed by atoms with Gasteiger partial charge in [0.1, 0.15) is 6.10 Å². The molecular formula is C20H25N3O3. The van der Waals surface area contributed by atoms with Crippen LogP contribution >= 0.6 is 0 Å². The predicted molar refractivity (Wildman–Crippen MR) is 97.3 cm³/mol. The van der Waals surface area contributed by atoms with Gasteiger partial charge in [-0.3, -0.25) is 10.00 Å². The molecular weight excluding hydrogens is 330 g/mol. The van der Waals surface area contributed by atoms with Gasteiger partial charge in [-0.2, -0.15) is 5.10 Å². The molecule has 4 saturated heterocycles. The average Bonchev–Trinajstić information content (AvgIpc) is 3.13. The van der Waals surface area contributed by atoms with E-state index in [2.05, 4.69) is 27.2 Å². The third-order valence-corrected chi connectivity index (χ3v) is 6.33. The summed E-state index contributed by atoms with van der Waals surface area (Å²) in [6, 6.07) is 6.28. The second kappa shape index (κ2) is 6.67. The van der Waals surface area contributed by atoms with Crippen LogP contribution in [-0.4, -0.2) is 60.0 Å². The molecule has 4 aliphatic rings. The first kappa shape index (κ1) is 16.3. The van der Waals surface area contributed by atoms with Gasteiger partial charge in [-0.05, 0) is 68.3 Å². The van der Waals surface area contributed by atoms with Crippen LogP contribution < -0.4 is 0 Å². The topological polar surface area (TPSA) is 67.5 Å². The molecule has 0 radical (unpaired) electrons. The summed E-state index contributed by atoms with van der Waals surface area (Å²) in [5, 5.41) is 8.13. The van der Waals surface area contributed by atoms with E-state index in [4.69, 9.17) is 9.47 Å². The molecule has 4 aliphatic heterocycles. The fourth-order valence-electron chi connectivity index (χ4n) is 4.71. The zero-order valence-corrected chi connectivity index (χ0v) is 14.9. The van der Waals surface area contributed by atoms with Crippen molar-refractivity contribution in [3.63, 3.8) is 0 Å². The Morgan fingerprint density at radius 3 is 2.73 bits per heavy atom. The van der Waals surface area contributed by atoms with Crippen molar-refractivity contribution in [3.05, 3.63) is 29.5 Å². The number of hydrogen-bond acceptors (Lipinski definition) is 5. The van der Waals surface area contributed by atoms with Crippen molar-refractivity contribution >= 4 is 16.9 Å². The summed E-state index contributed by atoms with van der Waals surface area (Å²) in [5.74, 6) is 0.708. The summed E-state index contributed by atoms with van der Waals surface area (Å²) >= 11 is 0. The Hall–Kier alpha value is -1.92. The lowest BCUT2D eigenvalue weighted by Crippen LogP contribution is -2.51. The van der Waals surface area contributed by atoms with Gasteiger partial charge in [0.2, 0.25) is 0 Å². The van der Waals surface area contributed by atoms with Gasteiger partial charge in [-0.1, -0.05) is 6.07 Å². The molecule has 0 spiro atoms. The molecule has 0 unspecified atom stereocenters. The van der Waals surface area contributed by atoms with Crippen molar-refractivity contribution in [2.24, 2.45) is 5.92 Å². The number of hydrogen-bond donors (Lipinski definition) is 1. The molecule has 0 saturated carbocycles. The van der Waals surface area contributed by atoms with E-state index >= 15 is 0 Å². The van der Waals surface area contributed by atoms with E-state index in [1.807, 2.05) is 6.07 Å². The second-order valence-corrected chi connectivity index (χ2v) is 7.85. The minimum Gasteiger partial charge on any atom is -0.456 e. The summed E-state index contributed by atoms with van der Waals surface area (Å²) < 4.78 is 11.3. The highest BCUT2D eigenvalue weighted by Gasteiger charge is 2.37. The monoisotopic (exact) mass is 355 g/mol. The van der Waals surface area contributed by atoms with Crippen LogP contribution in [-0.2, 0) is 9.47 Å². The lowest BCUT2D eigenvalue weighted by atomic mass is 9.86. The molecule has 6 rings (SSSR count). The Labute approximate surface area is 152 Å². The second-order valence-electron chi connectivity index (χ2n) is 7.85. The molecule has 0 amide bonds. The smallest absolute Gasteiger partial charge is 0.359 e. The molecule has 6 nitrogen and oxygen atoms in total. The third-order valence-electron chi connectivity index (χ3n) is 6.33. The molecule has 1 aromatic heterocycles. The van der Waals surface area contributed by atoms with Crippen molar-refractivity contribution in [3.8, 4) is 0 Å². The van der Waals surface area contributed by atoms with E-state index < -0.39 is 0 Å². The van der Waals surface area contributed by atoms with Crippen molar-refractivity contribution in [1.29, 1.82) is 0 Å². The molecule has 1 aromatic carbocycles. The molecule has 6 heteroatoms. The van der Waals surface area contributed by atoms with Crippen molar-refractivity contribution < 1.29 is 14.3 Å². The van der Waals surface area contributed by atoms with Gasteiger partial charge < -0.3 is 9.47 Å². The van der Waals surface area contributed by atoms with E-state index in [-0.39, 0.29) is 12.1 Å². The fraction of sp³-hybridized carbons (Fsp3) is 0.600. The van der Waals surface area contributed by atoms with Gasteiger partial charge in [0.15, 0.2) is 5.69 Å². The number of nitrogens with zero attached hydrogens (tertiary/aromatic N) is 2. The van der Waals surface area contributed by atoms with Crippen LogP contribution in [0, 0.1) is 5.92 Å². The number of piperidine rings is 3. The Balaban J connectivity index is 1.38. The Bertz CT molecular complexity index is 804. The van der Waals surface area contributed by atoms with Gasteiger partial charge in [0.25, 0.3) is 0 Å². The first-order chi connectivity index (χ1) is 12.8. The summed E-state index contributed by atoms with van der Waals surface area (Å²) in [6.45, 7) is 4.76. The van der Waals surface area contributed by atoms with E-state index in [1.54, 1.807) is 0 Å². The molecule has 4 fully saturated rings. The fourth-order valence-corrected chi connectivity index (χ4v) is 4.71.